The van der Waals surface area contributed by atoms with Crippen LogP contribution in [0.5, 0.6) is 0 Å². The van der Waals surface area contributed by atoms with Crippen molar-refractivity contribution in [2.45, 2.75) is 56.4 Å². The molecule has 0 bridgehead atoms. The highest BCUT2D eigenvalue weighted by Crippen LogP contribution is 2.54. The highest BCUT2D eigenvalue weighted by molar-refractivity contribution is 5.94. The summed E-state index contributed by atoms with van der Waals surface area (Å²) >= 11 is 0. The monoisotopic (exact) mass is 403 g/mol. The Morgan fingerprint density at radius 1 is 0.933 bits per heavy atom. The minimum atomic E-state index is -0.329. The molecule has 1 N–H and O–H groups in total. The van der Waals surface area contributed by atoms with Crippen molar-refractivity contribution in [1.82, 2.24) is 15.2 Å². The number of pyridine rings is 1. The molecule has 1 spiro atoms. The van der Waals surface area contributed by atoms with Crippen molar-refractivity contribution in [2.24, 2.45) is 5.41 Å². The van der Waals surface area contributed by atoms with E-state index in [0.29, 0.717) is 11.5 Å². The summed E-state index contributed by atoms with van der Waals surface area (Å²) in [6, 6.07) is 14.1. The summed E-state index contributed by atoms with van der Waals surface area (Å²) in [6.07, 6.45) is 10.4. The average Bonchev–Trinajstić information content (AvgIpc) is 3.22. The smallest absolute Gasteiger partial charge is 0.251 e. The van der Waals surface area contributed by atoms with E-state index < -0.39 is 0 Å². The fourth-order valence-electron chi connectivity index (χ4n) is 5.67. The molecule has 156 valence electrons. The van der Waals surface area contributed by atoms with Gasteiger partial charge in [-0.15, -0.1) is 0 Å². The molecule has 2 saturated carbocycles. The molecular weight excluding hydrogens is 374 g/mol. The first-order valence-electron chi connectivity index (χ1n) is 11.2. The second kappa shape index (κ2) is 7.53. The van der Waals surface area contributed by atoms with Crippen molar-refractivity contribution in [2.75, 3.05) is 13.1 Å². The van der Waals surface area contributed by atoms with E-state index in [0.717, 1.165) is 58.0 Å². The van der Waals surface area contributed by atoms with Crippen LogP contribution in [0.3, 0.4) is 0 Å². The van der Waals surface area contributed by atoms with Gasteiger partial charge < -0.3 is 10.2 Å². The minimum Gasteiger partial charge on any atom is -0.349 e. The van der Waals surface area contributed by atoms with Gasteiger partial charge in [0.25, 0.3) is 5.91 Å². The number of amides is 2. The Hall–Kier alpha value is -2.69. The summed E-state index contributed by atoms with van der Waals surface area (Å²) in [4.78, 5) is 32.2. The standard InChI is InChI=1S/C25H29N3O2/c29-22(19-8-14-26-15-9-19)27-21-18-24(21)12-16-28(17-13-24)23(30)25(10-4-5-11-25)20-6-2-1-3-7-20/h1-3,6-9,14-15,21H,4-5,10-13,16-18H2,(H,27,29). The maximum absolute atomic E-state index is 13.6. The summed E-state index contributed by atoms with van der Waals surface area (Å²) in [5.41, 5.74) is 1.69. The first-order valence-corrected chi connectivity index (χ1v) is 11.2. The SMILES string of the molecule is O=C(NC1CC12CCN(C(=O)C1(c3ccccc3)CCCC1)CC2)c1ccncc1. The molecule has 1 unspecified atom stereocenters. The Labute approximate surface area is 177 Å². The zero-order valence-corrected chi connectivity index (χ0v) is 17.3. The van der Waals surface area contributed by atoms with Crippen LogP contribution in [-0.2, 0) is 10.2 Å². The third kappa shape index (κ3) is 3.30. The Kier molecular flexibility index (Phi) is 4.84. The van der Waals surface area contributed by atoms with Gasteiger partial charge in [0.2, 0.25) is 5.91 Å². The summed E-state index contributed by atoms with van der Waals surface area (Å²) in [7, 11) is 0. The van der Waals surface area contributed by atoms with Gasteiger partial charge in [-0.05, 0) is 55.2 Å². The molecule has 1 atom stereocenters. The number of piperidine rings is 1. The Morgan fingerprint density at radius 2 is 1.60 bits per heavy atom. The van der Waals surface area contributed by atoms with Gasteiger partial charge in [0.15, 0.2) is 0 Å². The summed E-state index contributed by atoms with van der Waals surface area (Å²) < 4.78 is 0. The van der Waals surface area contributed by atoms with Gasteiger partial charge in [0.1, 0.15) is 0 Å². The molecule has 2 heterocycles. The van der Waals surface area contributed by atoms with Gasteiger partial charge in [-0.2, -0.15) is 0 Å². The Morgan fingerprint density at radius 3 is 2.27 bits per heavy atom. The van der Waals surface area contributed by atoms with Gasteiger partial charge in [0, 0.05) is 37.1 Å². The molecule has 1 aromatic carbocycles. The molecule has 3 fully saturated rings. The number of nitrogens with one attached hydrogen (secondary N) is 1. The lowest BCUT2D eigenvalue weighted by molar-refractivity contribution is -0.139. The maximum Gasteiger partial charge on any atom is 0.251 e. The van der Waals surface area contributed by atoms with Crippen LogP contribution in [0.25, 0.3) is 0 Å². The largest absolute Gasteiger partial charge is 0.349 e. The lowest BCUT2D eigenvalue weighted by Gasteiger charge is -2.39. The molecule has 5 rings (SSSR count). The highest BCUT2D eigenvalue weighted by atomic mass is 16.2. The molecule has 2 aromatic rings. The zero-order chi connectivity index (χ0) is 20.6. The van der Waals surface area contributed by atoms with Gasteiger partial charge in [-0.1, -0.05) is 43.2 Å². The van der Waals surface area contributed by atoms with E-state index in [1.165, 1.54) is 5.56 Å². The van der Waals surface area contributed by atoms with Crippen LogP contribution in [0, 0.1) is 5.41 Å². The number of aromatic nitrogens is 1. The van der Waals surface area contributed by atoms with Crippen LogP contribution >= 0.6 is 0 Å². The van der Waals surface area contributed by atoms with Crippen molar-refractivity contribution in [1.29, 1.82) is 0 Å². The molecule has 3 aliphatic rings. The van der Waals surface area contributed by atoms with E-state index in [2.05, 4.69) is 27.3 Å². The third-order valence-corrected chi connectivity index (χ3v) is 7.68. The first kappa shape index (κ1) is 19.3. The number of carbonyl (C=O) groups excluding carboxylic acids is 2. The third-order valence-electron chi connectivity index (χ3n) is 7.68. The molecule has 30 heavy (non-hydrogen) atoms. The van der Waals surface area contributed by atoms with Crippen LogP contribution in [0.2, 0.25) is 0 Å². The fraction of sp³-hybridized carbons (Fsp3) is 0.480. The number of benzene rings is 1. The van der Waals surface area contributed by atoms with Crippen molar-refractivity contribution >= 4 is 11.8 Å². The maximum atomic E-state index is 13.6. The number of hydrogen-bond donors (Lipinski definition) is 1. The topological polar surface area (TPSA) is 62.3 Å². The molecule has 5 heteroatoms. The number of likely N-dealkylation sites (tertiary alicyclic amines) is 1. The van der Waals surface area contributed by atoms with E-state index in [1.807, 2.05) is 18.2 Å². The summed E-state index contributed by atoms with van der Waals surface area (Å²) in [6.45, 7) is 1.60. The van der Waals surface area contributed by atoms with Gasteiger partial charge in [-0.3, -0.25) is 14.6 Å². The second-order valence-corrected chi connectivity index (χ2v) is 9.28. The predicted octanol–water partition coefficient (Wildman–Crippen LogP) is 3.70. The van der Waals surface area contributed by atoms with E-state index in [1.54, 1.807) is 24.5 Å². The normalized spacial score (nSPS) is 23.9. The van der Waals surface area contributed by atoms with E-state index >= 15 is 0 Å². The van der Waals surface area contributed by atoms with E-state index in [-0.39, 0.29) is 22.8 Å². The van der Waals surface area contributed by atoms with Crippen molar-refractivity contribution in [3.63, 3.8) is 0 Å². The molecule has 1 saturated heterocycles. The highest BCUT2D eigenvalue weighted by Gasteiger charge is 2.57. The van der Waals surface area contributed by atoms with Crippen LogP contribution < -0.4 is 5.32 Å². The summed E-state index contributed by atoms with van der Waals surface area (Å²) in [5, 5.41) is 3.19. The molecular formula is C25H29N3O2. The molecule has 2 amide bonds. The lowest BCUT2D eigenvalue weighted by atomic mass is 9.77. The van der Waals surface area contributed by atoms with Crippen molar-refractivity contribution in [3.8, 4) is 0 Å². The van der Waals surface area contributed by atoms with E-state index in [9.17, 15) is 9.59 Å². The predicted molar refractivity (Wildman–Crippen MR) is 115 cm³/mol. The summed E-state index contributed by atoms with van der Waals surface area (Å²) in [5.74, 6) is 0.297. The van der Waals surface area contributed by atoms with Crippen LogP contribution in [-0.4, -0.2) is 40.8 Å². The second-order valence-electron chi connectivity index (χ2n) is 9.28. The van der Waals surface area contributed by atoms with Gasteiger partial charge in [-0.25, -0.2) is 0 Å². The first-order chi connectivity index (χ1) is 14.6. The Balaban J connectivity index is 1.22. The van der Waals surface area contributed by atoms with Crippen molar-refractivity contribution < 1.29 is 9.59 Å². The van der Waals surface area contributed by atoms with Crippen molar-refractivity contribution in [3.05, 3.63) is 66.0 Å². The van der Waals surface area contributed by atoms with Crippen LogP contribution in [0.4, 0.5) is 0 Å². The Bertz CT molecular complexity index is 914. The van der Waals surface area contributed by atoms with Crippen LogP contribution in [0.1, 0.15) is 60.9 Å². The molecule has 1 aliphatic heterocycles. The lowest BCUT2D eigenvalue weighted by Crippen LogP contribution is -2.49. The van der Waals surface area contributed by atoms with Crippen LogP contribution in [0.15, 0.2) is 54.9 Å². The average molecular weight is 404 g/mol. The number of hydrogen-bond acceptors (Lipinski definition) is 3. The zero-order valence-electron chi connectivity index (χ0n) is 17.3. The number of carbonyl (C=O) groups is 2. The number of nitrogens with zero attached hydrogens (tertiary/aromatic N) is 2. The molecule has 0 radical (unpaired) electrons. The fourth-order valence-corrected chi connectivity index (χ4v) is 5.67. The molecule has 1 aromatic heterocycles. The quantitative estimate of drug-likeness (QED) is 0.847. The molecule has 5 nitrogen and oxygen atoms in total. The minimum absolute atomic E-state index is 0.0215. The number of rotatable bonds is 4. The molecule has 2 aliphatic carbocycles. The van der Waals surface area contributed by atoms with Gasteiger partial charge in [0.05, 0.1) is 5.41 Å². The van der Waals surface area contributed by atoms with E-state index in [4.69, 9.17) is 0 Å². The van der Waals surface area contributed by atoms with Gasteiger partial charge >= 0.3 is 0 Å².